The van der Waals surface area contributed by atoms with Crippen molar-refractivity contribution < 1.29 is 9.50 Å². The van der Waals surface area contributed by atoms with Crippen molar-refractivity contribution in [3.8, 4) is 0 Å². The van der Waals surface area contributed by atoms with E-state index in [1.807, 2.05) is 6.07 Å². The summed E-state index contributed by atoms with van der Waals surface area (Å²) in [7, 11) is 0. The summed E-state index contributed by atoms with van der Waals surface area (Å²) in [5, 5.41) is 10.3. The van der Waals surface area contributed by atoms with E-state index in [0.717, 1.165) is 36.3 Å². The van der Waals surface area contributed by atoms with E-state index in [1.165, 1.54) is 6.07 Å². The Morgan fingerprint density at radius 2 is 2.33 bits per heavy atom. The van der Waals surface area contributed by atoms with E-state index >= 15 is 0 Å². The molecule has 0 bridgehead atoms. The second-order valence-electron chi connectivity index (χ2n) is 4.99. The molecule has 1 aliphatic carbocycles. The Morgan fingerprint density at radius 3 is 3.06 bits per heavy atom. The quantitative estimate of drug-likeness (QED) is 0.808. The Morgan fingerprint density at radius 1 is 1.50 bits per heavy atom. The third kappa shape index (κ3) is 3.25. The molecule has 2 unspecified atom stereocenters. The van der Waals surface area contributed by atoms with Crippen LogP contribution in [0.25, 0.3) is 0 Å². The van der Waals surface area contributed by atoms with Crippen molar-refractivity contribution in [1.29, 1.82) is 0 Å². The maximum atomic E-state index is 13.0. The van der Waals surface area contributed by atoms with Crippen LogP contribution in [0.1, 0.15) is 25.7 Å². The number of benzene rings is 1. The van der Waals surface area contributed by atoms with Gasteiger partial charge in [-0.15, -0.1) is 11.8 Å². The van der Waals surface area contributed by atoms with E-state index in [1.54, 1.807) is 23.9 Å². The van der Waals surface area contributed by atoms with Gasteiger partial charge >= 0.3 is 0 Å². The highest BCUT2D eigenvalue weighted by atomic mass is 32.2. The molecule has 4 heteroatoms. The van der Waals surface area contributed by atoms with E-state index in [4.69, 9.17) is 5.73 Å². The SMILES string of the molecule is NCC1(O)CCCC1CCSc1cccc(F)c1. The van der Waals surface area contributed by atoms with E-state index in [9.17, 15) is 9.50 Å². The van der Waals surface area contributed by atoms with E-state index < -0.39 is 5.60 Å². The van der Waals surface area contributed by atoms with E-state index in [2.05, 4.69) is 0 Å². The number of rotatable bonds is 5. The molecule has 1 aromatic carbocycles. The van der Waals surface area contributed by atoms with Crippen LogP contribution in [0, 0.1) is 11.7 Å². The highest BCUT2D eigenvalue weighted by Crippen LogP contribution is 2.38. The monoisotopic (exact) mass is 269 g/mol. The summed E-state index contributed by atoms with van der Waals surface area (Å²) in [6, 6.07) is 6.64. The van der Waals surface area contributed by atoms with Crippen molar-refractivity contribution in [2.24, 2.45) is 11.7 Å². The maximum absolute atomic E-state index is 13.0. The minimum absolute atomic E-state index is 0.195. The molecule has 1 aliphatic rings. The van der Waals surface area contributed by atoms with Crippen LogP contribution >= 0.6 is 11.8 Å². The smallest absolute Gasteiger partial charge is 0.124 e. The molecule has 0 aromatic heterocycles. The van der Waals surface area contributed by atoms with Gasteiger partial charge in [-0.3, -0.25) is 0 Å². The summed E-state index contributed by atoms with van der Waals surface area (Å²) in [6.45, 7) is 0.350. The fourth-order valence-electron chi connectivity index (χ4n) is 2.68. The van der Waals surface area contributed by atoms with Crippen LogP contribution in [0.4, 0.5) is 4.39 Å². The molecule has 18 heavy (non-hydrogen) atoms. The first kappa shape index (κ1) is 13.8. The Labute approximate surface area is 112 Å². The average Bonchev–Trinajstić information content (AvgIpc) is 2.72. The highest BCUT2D eigenvalue weighted by molar-refractivity contribution is 7.99. The molecule has 1 fully saturated rings. The van der Waals surface area contributed by atoms with Gasteiger partial charge in [-0.25, -0.2) is 4.39 Å². The molecule has 1 aromatic rings. The summed E-state index contributed by atoms with van der Waals surface area (Å²) in [5.74, 6) is 0.999. The number of halogens is 1. The zero-order valence-corrected chi connectivity index (χ0v) is 11.3. The predicted octanol–water partition coefficient (Wildman–Crippen LogP) is 2.80. The molecule has 2 nitrogen and oxygen atoms in total. The summed E-state index contributed by atoms with van der Waals surface area (Å²) < 4.78 is 13.0. The number of thioether (sulfide) groups is 1. The standard InChI is InChI=1S/C14H20FNOS/c15-12-4-1-5-13(9-12)18-8-6-11-3-2-7-14(11,17)10-16/h1,4-5,9,11,17H,2-3,6-8,10,16H2. The van der Waals surface area contributed by atoms with Crippen LogP contribution in [-0.4, -0.2) is 23.0 Å². The molecule has 0 spiro atoms. The molecule has 0 heterocycles. The second-order valence-corrected chi connectivity index (χ2v) is 6.16. The zero-order valence-electron chi connectivity index (χ0n) is 10.4. The first-order valence-electron chi connectivity index (χ1n) is 6.45. The normalized spacial score (nSPS) is 27.6. The minimum Gasteiger partial charge on any atom is -0.388 e. The molecule has 0 amide bonds. The van der Waals surface area contributed by atoms with Gasteiger partial charge in [0, 0.05) is 11.4 Å². The molecule has 3 N–H and O–H groups in total. The third-order valence-electron chi connectivity index (χ3n) is 3.81. The fourth-order valence-corrected chi connectivity index (χ4v) is 3.69. The highest BCUT2D eigenvalue weighted by Gasteiger charge is 2.39. The first-order chi connectivity index (χ1) is 8.64. The Balaban J connectivity index is 1.82. The number of aliphatic hydroxyl groups is 1. The van der Waals surface area contributed by atoms with Crippen molar-refractivity contribution >= 4 is 11.8 Å². The molecular weight excluding hydrogens is 249 g/mol. The van der Waals surface area contributed by atoms with Crippen LogP contribution in [0.15, 0.2) is 29.2 Å². The molecule has 2 rings (SSSR count). The van der Waals surface area contributed by atoms with Crippen molar-refractivity contribution in [2.45, 2.75) is 36.2 Å². The summed E-state index contributed by atoms with van der Waals surface area (Å²) >= 11 is 1.64. The number of hydrogen-bond acceptors (Lipinski definition) is 3. The summed E-state index contributed by atoms with van der Waals surface area (Å²) in [5.41, 5.74) is 4.99. The summed E-state index contributed by atoms with van der Waals surface area (Å²) in [4.78, 5) is 0.948. The lowest BCUT2D eigenvalue weighted by Crippen LogP contribution is -2.41. The molecular formula is C14H20FNOS. The van der Waals surface area contributed by atoms with Gasteiger partial charge in [0.05, 0.1) is 5.60 Å². The van der Waals surface area contributed by atoms with Crippen LogP contribution < -0.4 is 5.73 Å². The average molecular weight is 269 g/mol. The lowest BCUT2D eigenvalue weighted by atomic mass is 9.89. The number of nitrogens with two attached hydrogens (primary N) is 1. The second kappa shape index (κ2) is 6.04. The van der Waals surface area contributed by atoms with Gasteiger partial charge in [-0.2, -0.15) is 0 Å². The van der Waals surface area contributed by atoms with Crippen molar-refractivity contribution in [2.75, 3.05) is 12.3 Å². The van der Waals surface area contributed by atoms with Crippen LogP contribution in [0.5, 0.6) is 0 Å². The van der Waals surface area contributed by atoms with Crippen molar-refractivity contribution in [1.82, 2.24) is 0 Å². The van der Waals surface area contributed by atoms with Gasteiger partial charge in [0.1, 0.15) is 5.82 Å². The topological polar surface area (TPSA) is 46.2 Å². The first-order valence-corrected chi connectivity index (χ1v) is 7.43. The molecule has 2 atom stereocenters. The van der Waals surface area contributed by atoms with Crippen LogP contribution in [0.3, 0.4) is 0 Å². The van der Waals surface area contributed by atoms with Gasteiger partial charge < -0.3 is 10.8 Å². The van der Waals surface area contributed by atoms with Crippen LogP contribution in [-0.2, 0) is 0 Å². The fraction of sp³-hybridized carbons (Fsp3) is 0.571. The van der Waals surface area contributed by atoms with Crippen molar-refractivity contribution in [3.63, 3.8) is 0 Å². The van der Waals surface area contributed by atoms with Gasteiger partial charge in [-0.1, -0.05) is 12.5 Å². The van der Waals surface area contributed by atoms with Gasteiger partial charge in [0.2, 0.25) is 0 Å². The van der Waals surface area contributed by atoms with E-state index in [-0.39, 0.29) is 5.82 Å². The lowest BCUT2D eigenvalue weighted by molar-refractivity contribution is 0.0104. The molecule has 0 aliphatic heterocycles. The largest absolute Gasteiger partial charge is 0.388 e. The Bertz CT molecular complexity index is 401. The van der Waals surface area contributed by atoms with Gasteiger partial charge in [0.15, 0.2) is 0 Å². The Kier molecular flexibility index (Phi) is 4.65. The maximum Gasteiger partial charge on any atom is 0.124 e. The zero-order chi connectivity index (χ0) is 13.0. The molecule has 100 valence electrons. The molecule has 0 saturated heterocycles. The molecule has 0 radical (unpaired) electrons. The Hall–Kier alpha value is -0.580. The van der Waals surface area contributed by atoms with Gasteiger partial charge in [-0.05, 0) is 49.1 Å². The lowest BCUT2D eigenvalue weighted by Gasteiger charge is -2.28. The summed E-state index contributed by atoms with van der Waals surface area (Å²) in [6.07, 6.45) is 3.87. The predicted molar refractivity (Wildman–Crippen MR) is 73.1 cm³/mol. The van der Waals surface area contributed by atoms with E-state index in [0.29, 0.717) is 12.5 Å². The minimum atomic E-state index is -0.664. The van der Waals surface area contributed by atoms with Crippen LogP contribution in [0.2, 0.25) is 0 Å². The van der Waals surface area contributed by atoms with Crippen molar-refractivity contribution in [3.05, 3.63) is 30.1 Å². The number of hydrogen-bond donors (Lipinski definition) is 2. The van der Waals surface area contributed by atoms with Gasteiger partial charge in [0.25, 0.3) is 0 Å². The third-order valence-corrected chi connectivity index (χ3v) is 4.83. The molecule has 1 saturated carbocycles.